The van der Waals surface area contributed by atoms with Gasteiger partial charge in [-0.2, -0.15) is 16.9 Å². The van der Waals surface area contributed by atoms with Crippen molar-refractivity contribution >= 4 is 29.4 Å². The van der Waals surface area contributed by atoms with E-state index < -0.39 is 6.04 Å². The number of carbonyl (C=O) groups excluding carboxylic acids is 2. The second kappa shape index (κ2) is 8.54. The van der Waals surface area contributed by atoms with Gasteiger partial charge < -0.3 is 10.6 Å². The summed E-state index contributed by atoms with van der Waals surface area (Å²) in [5.74, 6) is 0.736. The quantitative estimate of drug-likeness (QED) is 0.806. The molecule has 2 amide bonds. The summed E-state index contributed by atoms with van der Waals surface area (Å²) in [6.07, 6.45) is 4.27. The first-order valence-corrected chi connectivity index (χ1v) is 9.06. The average molecular weight is 346 g/mol. The molecule has 1 atom stereocenters. The fraction of sp³-hybridized carbons (Fsp3) is 0.353. The number of nitrogens with zero attached hydrogens (tertiary/aromatic N) is 2. The fourth-order valence-electron chi connectivity index (χ4n) is 2.23. The number of rotatable bonds is 7. The molecule has 2 rings (SSSR count). The van der Waals surface area contributed by atoms with Gasteiger partial charge in [-0.1, -0.05) is 17.7 Å². The van der Waals surface area contributed by atoms with Crippen LogP contribution in [0.15, 0.2) is 36.5 Å². The number of thioether (sulfide) groups is 1. The zero-order valence-corrected chi connectivity index (χ0v) is 14.9. The minimum Gasteiger partial charge on any atom is -0.340 e. The topological polar surface area (TPSA) is 76.0 Å². The van der Waals surface area contributed by atoms with E-state index in [4.69, 9.17) is 0 Å². The lowest BCUT2D eigenvalue weighted by molar-refractivity contribution is -0.118. The molecule has 24 heavy (non-hydrogen) atoms. The van der Waals surface area contributed by atoms with Gasteiger partial charge >= 0.3 is 0 Å². The van der Waals surface area contributed by atoms with Crippen LogP contribution in [0.25, 0.3) is 0 Å². The maximum atomic E-state index is 12.5. The highest BCUT2D eigenvalue weighted by Gasteiger charge is 2.21. The minimum absolute atomic E-state index is 0.249. The molecule has 0 saturated heterocycles. The molecular weight excluding hydrogens is 324 g/mol. The summed E-state index contributed by atoms with van der Waals surface area (Å²) in [5, 5.41) is 9.70. The maximum Gasteiger partial charge on any atom is 0.251 e. The summed E-state index contributed by atoms with van der Waals surface area (Å²) in [5.41, 5.74) is 1.55. The minimum atomic E-state index is -0.604. The van der Waals surface area contributed by atoms with E-state index in [0.29, 0.717) is 17.8 Å². The summed E-state index contributed by atoms with van der Waals surface area (Å²) in [4.78, 5) is 24.9. The van der Waals surface area contributed by atoms with E-state index >= 15 is 0 Å². The van der Waals surface area contributed by atoms with Gasteiger partial charge in [0.05, 0.1) is 0 Å². The van der Waals surface area contributed by atoms with Gasteiger partial charge in [0.25, 0.3) is 5.91 Å². The van der Waals surface area contributed by atoms with Crippen molar-refractivity contribution in [2.24, 2.45) is 7.05 Å². The molecule has 0 radical (unpaired) electrons. The molecule has 7 heteroatoms. The first-order chi connectivity index (χ1) is 11.5. The first kappa shape index (κ1) is 18.1. The molecule has 0 fully saturated rings. The number of aryl methyl sites for hydroxylation is 2. The van der Waals surface area contributed by atoms with Gasteiger partial charge in [0.2, 0.25) is 5.91 Å². The van der Waals surface area contributed by atoms with Crippen LogP contribution in [0.2, 0.25) is 0 Å². The maximum absolute atomic E-state index is 12.5. The second-order valence-corrected chi connectivity index (χ2v) is 6.53. The molecule has 1 heterocycles. The van der Waals surface area contributed by atoms with Gasteiger partial charge in [0.15, 0.2) is 5.82 Å². The summed E-state index contributed by atoms with van der Waals surface area (Å²) >= 11 is 1.63. The highest BCUT2D eigenvalue weighted by atomic mass is 32.2. The molecule has 0 aliphatic carbocycles. The smallest absolute Gasteiger partial charge is 0.251 e. The van der Waals surface area contributed by atoms with Crippen LogP contribution in [0.1, 0.15) is 22.3 Å². The van der Waals surface area contributed by atoms with Crippen molar-refractivity contribution in [3.8, 4) is 0 Å². The lowest BCUT2D eigenvalue weighted by Crippen LogP contribution is -2.44. The lowest BCUT2D eigenvalue weighted by Gasteiger charge is -2.17. The molecule has 0 bridgehead atoms. The van der Waals surface area contributed by atoms with E-state index in [0.717, 1.165) is 11.3 Å². The van der Waals surface area contributed by atoms with Gasteiger partial charge in [0, 0.05) is 24.9 Å². The monoisotopic (exact) mass is 346 g/mol. The molecule has 0 aliphatic rings. The van der Waals surface area contributed by atoms with Crippen molar-refractivity contribution in [3.63, 3.8) is 0 Å². The fourth-order valence-corrected chi connectivity index (χ4v) is 2.70. The number of aromatic nitrogens is 2. The summed E-state index contributed by atoms with van der Waals surface area (Å²) < 4.78 is 1.61. The Bertz CT molecular complexity index is 714. The Morgan fingerprint density at radius 2 is 2.12 bits per heavy atom. The standard InChI is InChI=1S/C17H22N4O2S/c1-12-5-4-6-13(11-12)16(22)18-14(8-10-24-3)17(23)19-15-7-9-21(2)20-15/h4-7,9,11,14H,8,10H2,1-3H3,(H,18,22)(H,19,20,23). The molecule has 0 saturated carbocycles. The van der Waals surface area contributed by atoms with Crippen LogP contribution in [-0.2, 0) is 11.8 Å². The molecule has 6 nitrogen and oxygen atoms in total. The second-order valence-electron chi connectivity index (χ2n) is 5.54. The van der Waals surface area contributed by atoms with Gasteiger partial charge in [-0.25, -0.2) is 0 Å². The molecule has 0 spiro atoms. The SMILES string of the molecule is CSCCC(NC(=O)c1cccc(C)c1)C(=O)Nc1ccn(C)n1. The molecule has 2 aromatic rings. The van der Waals surface area contributed by atoms with Crippen LogP contribution >= 0.6 is 11.8 Å². The number of hydrogen-bond donors (Lipinski definition) is 2. The first-order valence-electron chi connectivity index (χ1n) is 7.66. The molecule has 2 N–H and O–H groups in total. The summed E-state index contributed by atoms with van der Waals surface area (Å²) in [7, 11) is 1.78. The largest absolute Gasteiger partial charge is 0.340 e. The van der Waals surface area contributed by atoms with Crippen LogP contribution in [0.5, 0.6) is 0 Å². The van der Waals surface area contributed by atoms with Crippen molar-refractivity contribution in [2.45, 2.75) is 19.4 Å². The predicted octanol–water partition coefficient (Wildman–Crippen LogP) is 2.22. The number of carbonyl (C=O) groups is 2. The van der Waals surface area contributed by atoms with Crippen molar-refractivity contribution in [1.82, 2.24) is 15.1 Å². The van der Waals surface area contributed by atoms with E-state index in [1.165, 1.54) is 0 Å². The summed E-state index contributed by atoms with van der Waals surface area (Å²) in [6.45, 7) is 1.93. The number of anilines is 1. The number of amides is 2. The Morgan fingerprint density at radius 3 is 2.75 bits per heavy atom. The van der Waals surface area contributed by atoms with Crippen LogP contribution < -0.4 is 10.6 Å². The Morgan fingerprint density at radius 1 is 1.33 bits per heavy atom. The molecular formula is C17H22N4O2S. The Hall–Kier alpha value is -2.28. The van der Waals surface area contributed by atoms with Crippen LogP contribution in [0.3, 0.4) is 0 Å². The van der Waals surface area contributed by atoms with E-state index in [-0.39, 0.29) is 11.8 Å². The third kappa shape index (κ3) is 5.13. The predicted molar refractivity (Wildman–Crippen MR) is 97.3 cm³/mol. The number of benzene rings is 1. The third-order valence-electron chi connectivity index (χ3n) is 3.48. The Labute approximate surface area is 146 Å². The lowest BCUT2D eigenvalue weighted by atomic mass is 10.1. The zero-order valence-electron chi connectivity index (χ0n) is 14.1. The van der Waals surface area contributed by atoms with E-state index in [1.54, 1.807) is 47.9 Å². The van der Waals surface area contributed by atoms with Gasteiger partial charge in [-0.15, -0.1) is 0 Å². The van der Waals surface area contributed by atoms with Crippen LogP contribution in [0.4, 0.5) is 5.82 Å². The van der Waals surface area contributed by atoms with E-state index in [2.05, 4.69) is 15.7 Å². The Balaban J connectivity index is 2.06. The van der Waals surface area contributed by atoms with E-state index in [1.807, 2.05) is 25.3 Å². The van der Waals surface area contributed by atoms with Crippen molar-refractivity contribution in [3.05, 3.63) is 47.7 Å². The van der Waals surface area contributed by atoms with Crippen LogP contribution in [0, 0.1) is 6.92 Å². The molecule has 128 valence electrons. The van der Waals surface area contributed by atoms with E-state index in [9.17, 15) is 9.59 Å². The third-order valence-corrected chi connectivity index (χ3v) is 4.12. The molecule has 1 aromatic heterocycles. The summed E-state index contributed by atoms with van der Waals surface area (Å²) in [6, 6.07) is 8.41. The number of nitrogens with one attached hydrogen (secondary N) is 2. The normalized spacial score (nSPS) is 11.8. The van der Waals surface area contributed by atoms with Gasteiger partial charge in [-0.05, 0) is 37.5 Å². The molecule has 1 unspecified atom stereocenters. The van der Waals surface area contributed by atoms with Crippen molar-refractivity contribution in [1.29, 1.82) is 0 Å². The van der Waals surface area contributed by atoms with Crippen LogP contribution in [-0.4, -0.2) is 39.6 Å². The highest BCUT2D eigenvalue weighted by Crippen LogP contribution is 2.09. The molecule has 0 aliphatic heterocycles. The van der Waals surface area contributed by atoms with Gasteiger partial charge in [-0.3, -0.25) is 14.3 Å². The van der Waals surface area contributed by atoms with Crippen molar-refractivity contribution in [2.75, 3.05) is 17.3 Å². The average Bonchev–Trinajstić information content (AvgIpc) is 2.96. The Kier molecular flexibility index (Phi) is 6.43. The van der Waals surface area contributed by atoms with Crippen molar-refractivity contribution < 1.29 is 9.59 Å². The zero-order chi connectivity index (χ0) is 17.5. The number of hydrogen-bond acceptors (Lipinski definition) is 4. The van der Waals surface area contributed by atoms with Gasteiger partial charge in [0.1, 0.15) is 6.04 Å². The highest BCUT2D eigenvalue weighted by molar-refractivity contribution is 7.98. The molecule has 1 aromatic carbocycles.